The summed E-state index contributed by atoms with van der Waals surface area (Å²) in [6.45, 7) is 4.36. The molecule has 1 heterocycles. The van der Waals surface area contributed by atoms with Gasteiger partial charge in [-0.25, -0.2) is 0 Å². The molecule has 0 nitrogen and oxygen atoms in total. The molecule has 1 atom stereocenters. The Morgan fingerprint density at radius 3 is 2.10 bits per heavy atom. The van der Waals surface area contributed by atoms with Crippen LogP contribution in [0.2, 0.25) is 4.34 Å². The zero-order valence-electron chi connectivity index (χ0n) is 12.9. The molecule has 1 unspecified atom stereocenters. The van der Waals surface area contributed by atoms with Crippen LogP contribution in [0.15, 0.2) is 6.07 Å². The number of halogens is 2. The monoisotopic (exact) mass is 378 g/mol. The predicted octanol–water partition coefficient (Wildman–Crippen LogP) is 8.07. The van der Waals surface area contributed by atoms with E-state index in [2.05, 4.69) is 35.8 Å². The Kier molecular flexibility index (Phi) is 10.3. The van der Waals surface area contributed by atoms with Crippen molar-refractivity contribution in [2.75, 3.05) is 0 Å². The average Bonchev–Trinajstić information content (AvgIpc) is 2.77. The van der Waals surface area contributed by atoms with Crippen LogP contribution in [-0.4, -0.2) is 0 Å². The van der Waals surface area contributed by atoms with Crippen LogP contribution >= 0.6 is 38.9 Å². The van der Waals surface area contributed by atoms with Crippen LogP contribution in [0.1, 0.15) is 86.4 Å². The van der Waals surface area contributed by atoms with Gasteiger partial charge in [-0.15, -0.1) is 11.3 Å². The predicted molar refractivity (Wildman–Crippen MR) is 97.6 cm³/mol. The van der Waals surface area contributed by atoms with Crippen molar-refractivity contribution in [3.8, 4) is 0 Å². The van der Waals surface area contributed by atoms with E-state index in [9.17, 15) is 0 Å². The first-order valence-electron chi connectivity index (χ1n) is 8.05. The van der Waals surface area contributed by atoms with Gasteiger partial charge in [-0.1, -0.05) is 92.2 Å². The number of rotatable bonds is 11. The van der Waals surface area contributed by atoms with Gasteiger partial charge < -0.3 is 0 Å². The Labute approximate surface area is 142 Å². The maximum Gasteiger partial charge on any atom is 0.0960 e. The summed E-state index contributed by atoms with van der Waals surface area (Å²) in [7, 11) is 0. The van der Waals surface area contributed by atoms with Gasteiger partial charge in [0.2, 0.25) is 0 Å². The summed E-state index contributed by atoms with van der Waals surface area (Å²) in [5.74, 6) is 0. The molecule has 0 aromatic carbocycles. The zero-order chi connectivity index (χ0) is 14.8. The molecule has 0 aliphatic rings. The lowest BCUT2D eigenvalue weighted by Crippen LogP contribution is -1.87. The van der Waals surface area contributed by atoms with Crippen molar-refractivity contribution in [1.82, 2.24) is 0 Å². The van der Waals surface area contributed by atoms with Crippen molar-refractivity contribution in [3.63, 3.8) is 0 Å². The van der Waals surface area contributed by atoms with Gasteiger partial charge in [0.05, 0.1) is 4.34 Å². The van der Waals surface area contributed by atoms with E-state index in [1.807, 2.05) is 0 Å². The van der Waals surface area contributed by atoms with E-state index in [0.717, 1.165) is 4.34 Å². The SMILES string of the molecule is CCCCCCCCCCCC(Br)c1cc(C)c(Cl)s1. The van der Waals surface area contributed by atoms with Crippen molar-refractivity contribution in [1.29, 1.82) is 0 Å². The van der Waals surface area contributed by atoms with E-state index >= 15 is 0 Å². The van der Waals surface area contributed by atoms with Gasteiger partial charge in [-0.3, -0.25) is 0 Å². The maximum absolute atomic E-state index is 6.13. The molecule has 0 amide bonds. The first-order chi connectivity index (χ1) is 9.65. The van der Waals surface area contributed by atoms with Gasteiger partial charge in [0, 0.05) is 9.70 Å². The molecule has 20 heavy (non-hydrogen) atoms. The van der Waals surface area contributed by atoms with E-state index in [4.69, 9.17) is 11.6 Å². The van der Waals surface area contributed by atoms with Crippen LogP contribution in [0.4, 0.5) is 0 Å². The number of alkyl halides is 1. The van der Waals surface area contributed by atoms with Crippen LogP contribution in [0.5, 0.6) is 0 Å². The summed E-state index contributed by atoms with van der Waals surface area (Å²) in [5, 5.41) is 0. The largest absolute Gasteiger partial charge is 0.127 e. The van der Waals surface area contributed by atoms with E-state index in [1.54, 1.807) is 11.3 Å². The van der Waals surface area contributed by atoms with E-state index in [0.29, 0.717) is 4.83 Å². The summed E-state index contributed by atoms with van der Waals surface area (Å²) in [6, 6.07) is 2.22. The highest BCUT2D eigenvalue weighted by Crippen LogP contribution is 2.37. The molecule has 0 spiro atoms. The Morgan fingerprint density at radius 1 is 1.05 bits per heavy atom. The van der Waals surface area contributed by atoms with Crippen LogP contribution in [0.25, 0.3) is 0 Å². The summed E-state index contributed by atoms with van der Waals surface area (Å²) in [6.07, 6.45) is 13.8. The van der Waals surface area contributed by atoms with Gasteiger partial charge in [0.1, 0.15) is 0 Å². The number of thiophene rings is 1. The minimum absolute atomic E-state index is 0.489. The highest BCUT2D eigenvalue weighted by molar-refractivity contribution is 9.09. The lowest BCUT2D eigenvalue weighted by molar-refractivity contribution is 0.556. The van der Waals surface area contributed by atoms with Gasteiger partial charge in [0.25, 0.3) is 0 Å². The zero-order valence-corrected chi connectivity index (χ0v) is 16.0. The summed E-state index contributed by atoms with van der Waals surface area (Å²) < 4.78 is 0.941. The minimum Gasteiger partial charge on any atom is -0.127 e. The number of hydrogen-bond acceptors (Lipinski definition) is 1. The first-order valence-corrected chi connectivity index (χ1v) is 10.2. The lowest BCUT2D eigenvalue weighted by Gasteiger charge is -2.07. The number of unbranched alkanes of at least 4 members (excludes halogenated alkanes) is 8. The molecule has 1 aromatic rings. The third-order valence-electron chi connectivity index (χ3n) is 3.75. The highest BCUT2D eigenvalue weighted by atomic mass is 79.9. The van der Waals surface area contributed by atoms with Crippen LogP contribution in [0, 0.1) is 6.92 Å². The fourth-order valence-electron chi connectivity index (χ4n) is 2.41. The fourth-order valence-corrected chi connectivity index (χ4v) is 4.38. The molecule has 0 radical (unpaired) electrons. The molecule has 3 heteroatoms. The average molecular weight is 380 g/mol. The van der Waals surface area contributed by atoms with Crippen molar-refractivity contribution < 1.29 is 0 Å². The molecule has 0 saturated carbocycles. The molecule has 1 aromatic heterocycles. The third-order valence-corrected chi connectivity index (χ3v) is 6.67. The smallest absolute Gasteiger partial charge is 0.0960 e. The number of hydrogen-bond donors (Lipinski definition) is 0. The van der Waals surface area contributed by atoms with Crippen molar-refractivity contribution in [2.24, 2.45) is 0 Å². The molecule has 0 N–H and O–H groups in total. The molecule has 0 saturated heterocycles. The van der Waals surface area contributed by atoms with Crippen LogP contribution in [0.3, 0.4) is 0 Å². The van der Waals surface area contributed by atoms with E-state index < -0.39 is 0 Å². The second-order valence-electron chi connectivity index (χ2n) is 5.69. The summed E-state index contributed by atoms with van der Waals surface area (Å²) in [5.41, 5.74) is 1.21. The second kappa shape index (κ2) is 11.1. The number of aryl methyl sites for hydroxylation is 1. The summed E-state index contributed by atoms with van der Waals surface area (Å²) in [4.78, 5) is 1.87. The van der Waals surface area contributed by atoms with Crippen LogP contribution in [-0.2, 0) is 0 Å². The molecule has 0 aliphatic carbocycles. The van der Waals surface area contributed by atoms with E-state index in [1.165, 1.54) is 74.6 Å². The Hall–Kier alpha value is 0.470. The van der Waals surface area contributed by atoms with Crippen molar-refractivity contribution >= 4 is 38.9 Å². The molecule has 0 fully saturated rings. The maximum atomic E-state index is 6.13. The Balaban J connectivity index is 2.01. The molecule has 0 bridgehead atoms. The van der Waals surface area contributed by atoms with Gasteiger partial charge in [0.15, 0.2) is 0 Å². The molecule has 116 valence electrons. The second-order valence-corrected chi connectivity index (χ2v) is 8.48. The van der Waals surface area contributed by atoms with Crippen molar-refractivity contribution in [2.45, 2.75) is 82.9 Å². The van der Waals surface area contributed by atoms with E-state index in [-0.39, 0.29) is 0 Å². The van der Waals surface area contributed by atoms with Crippen molar-refractivity contribution in [3.05, 3.63) is 20.8 Å². The first kappa shape index (κ1) is 18.5. The lowest BCUT2D eigenvalue weighted by atomic mass is 10.1. The normalized spacial score (nSPS) is 12.8. The highest BCUT2D eigenvalue weighted by Gasteiger charge is 2.11. The topological polar surface area (TPSA) is 0 Å². The van der Waals surface area contributed by atoms with Gasteiger partial charge >= 0.3 is 0 Å². The molecule has 0 aliphatic heterocycles. The van der Waals surface area contributed by atoms with Gasteiger partial charge in [-0.2, -0.15) is 0 Å². The molecular formula is C17H28BrClS. The molecular weight excluding hydrogens is 352 g/mol. The Bertz CT molecular complexity index is 342. The summed E-state index contributed by atoms with van der Waals surface area (Å²) >= 11 is 11.6. The minimum atomic E-state index is 0.489. The molecule has 1 rings (SSSR count). The van der Waals surface area contributed by atoms with Crippen LogP contribution < -0.4 is 0 Å². The quantitative estimate of drug-likeness (QED) is 0.269. The standard InChI is InChI=1S/C17H28BrClS/c1-3-4-5-6-7-8-9-10-11-12-15(18)16-13-14(2)17(19)20-16/h13,15H,3-12H2,1-2H3. The van der Waals surface area contributed by atoms with Gasteiger partial charge in [-0.05, 0) is 25.0 Å². The Morgan fingerprint density at radius 2 is 1.60 bits per heavy atom. The third kappa shape index (κ3) is 7.47. The fraction of sp³-hybridized carbons (Fsp3) is 0.765.